The Balaban J connectivity index is 2.44. The monoisotopic (exact) mass is 315 g/mol. The highest BCUT2D eigenvalue weighted by atomic mass is 79.9. The minimum atomic E-state index is -0.939. The van der Waals surface area contributed by atoms with Crippen LogP contribution in [0, 0.1) is 0 Å². The predicted molar refractivity (Wildman–Crippen MR) is 75.3 cm³/mol. The molecule has 18 heavy (non-hydrogen) atoms. The molecule has 0 heterocycles. The van der Waals surface area contributed by atoms with Gasteiger partial charge in [-0.05, 0) is 24.6 Å². The molecule has 0 aliphatic carbocycles. The standard InChI is InChI=1S/C13H18BrNO3/c1-2-3-7-18-8-6-15-12-5-4-10(14)9-11(12)13(16)17/h4-5,9,15H,2-3,6-8H2,1H3,(H,16,17). The van der Waals surface area contributed by atoms with Crippen molar-refractivity contribution in [2.24, 2.45) is 0 Å². The van der Waals surface area contributed by atoms with Crippen LogP contribution >= 0.6 is 15.9 Å². The number of hydrogen-bond donors (Lipinski definition) is 2. The van der Waals surface area contributed by atoms with Crippen molar-refractivity contribution < 1.29 is 14.6 Å². The van der Waals surface area contributed by atoms with Gasteiger partial charge in [0.05, 0.1) is 12.2 Å². The second kappa shape index (κ2) is 8.11. The molecule has 0 atom stereocenters. The second-order valence-corrected chi connectivity index (χ2v) is 4.80. The molecule has 1 rings (SSSR count). The number of ether oxygens (including phenoxy) is 1. The fourth-order valence-corrected chi connectivity index (χ4v) is 1.81. The minimum Gasteiger partial charge on any atom is -0.478 e. The van der Waals surface area contributed by atoms with Gasteiger partial charge in [-0.3, -0.25) is 0 Å². The summed E-state index contributed by atoms with van der Waals surface area (Å²) in [6.45, 7) is 4.05. The Morgan fingerprint density at radius 1 is 1.44 bits per heavy atom. The van der Waals surface area contributed by atoms with Crippen LogP contribution in [0.25, 0.3) is 0 Å². The third kappa shape index (κ3) is 5.06. The Morgan fingerprint density at radius 3 is 2.89 bits per heavy atom. The highest BCUT2D eigenvalue weighted by Crippen LogP contribution is 2.20. The van der Waals surface area contributed by atoms with E-state index in [1.807, 2.05) is 6.07 Å². The Labute approximate surface area is 115 Å². The van der Waals surface area contributed by atoms with Crippen molar-refractivity contribution in [3.8, 4) is 0 Å². The fraction of sp³-hybridized carbons (Fsp3) is 0.462. The molecule has 0 saturated heterocycles. The average Bonchev–Trinajstić information content (AvgIpc) is 2.35. The van der Waals surface area contributed by atoms with Gasteiger partial charge in [-0.25, -0.2) is 4.79 Å². The van der Waals surface area contributed by atoms with E-state index in [-0.39, 0.29) is 5.56 Å². The smallest absolute Gasteiger partial charge is 0.337 e. The molecule has 0 spiro atoms. The predicted octanol–water partition coefficient (Wildman–Crippen LogP) is 3.38. The molecule has 0 amide bonds. The Kier molecular flexibility index (Phi) is 6.75. The molecule has 1 aromatic carbocycles. The van der Waals surface area contributed by atoms with E-state index >= 15 is 0 Å². The van der Waals surface area contributed by atoms with Crippen LogP contribution in [0.15, 0.2) is 22.7 Å². The van der Waals surface area contributed by atoms with Crippen LogP contribution in [0.5, 0.6) is 0 Å². The lowest BCUT2D eigenvalue weighted by Gasteiger charge is -2.10. The highest BCUT2D eigenvalue weighted by molar-refractivity contribution is 9.10. The molecule has 0 unspecified atom stereocenters. The summed E-state index contributed by atoms with van der Waals surface area (Å²) in [5.41, 5.74) is 0.878. The maximum atomic E-state index is 11.1. The van der Waals surface area contributed by atoms with Crippen LogP contribution in [0.2, 0.25) is 0 Å². The van der Waals surface area contributed by atoms with Gasteiger partial charge in [-0.15, -0.1) is 0 Å². The molecule has 0 aliphatic heterocycles. The summed E-state index contributed by atoms with van der Waals surface area (Å²) in [5.74, 6) is -0.939. The molecular formula is C13H18BrNO3. The fourth-order valence-electron chi connectivity index (χ4n) is 1.45. The number of carbonyl (C=O) groups is 1. The quantitative estimate of drug-likeness (QED) is 0.722. The van der Waals surface area contributed by atoms with Crippen molar-refractivity contribution >= 4 is 27.6 Å². The average molecular weight is 316 g/mol. The molecule has 0 aliphatic rings. The van der Waals surface area contributed by atoms with E-state index in [4.69, 9.17) is 9.84 Å². The number of carboxylic acids is 1. The topological polar surface area (TPSA) is 58.6 Å². The maximum absolute atomic E-state index is 11.1. The number of anilines is 1. The number of carboxylic acid groups (broad SMARTS) is 1. The molecule has 0 fully saturated rings. The van der Waals surface area contributed by atoms with Gasteiger partial charge in [0.25, 0.3) is 0 Å². The van der Waals surface area contributed by atoms with Gasteiger partial charge < -0.3 is 15.2 Å². The zero-order chi connectivity index (χ0) is 13.4. The summed E-state index contributed by atoms with van der Waals surface area (Å²) in [6, 6.07) is 5.15. The molecule has 2 N–H and O–H groups in total. The molecule has 5 heteroatoms. The van der Waals surface area contributed by atoms with Crippen LogP contribution in [0.1, 0.15) is 30.1 Å². The largest absolute Gasteiger partial charge is 0.478 e. The second-order valence-electron chi connectivity index (χ2n) is 3.89. The van der Waals surface area contributed by atoms with E-state index in [1.165, 1.54) is 0 Å². The van der Waals surface area contributed by atoms with Crippen molar-refractivity contribution in [2.75, 3.05) is 25.1 Å². The lowest BCUT2D eigenvalue weighted by molar-refractivity contribution is 0.0697. The maximum Gasteiger partial charge on any atom is 0.337 e. The van der Waals surface area contributed by atoms with Crippen LogP contribution in [0.3, 0.4) is 0 Å². The van der Waals surface area contributed by atoms with Crippen LogP contribution in [-0.4, -0.2) is 30.8 Å². The number of rotatable bonds is 8. The molecule has 0 aromatic heterocycles. The first kappa shape index (κ1) is 15.0. The lowest BCUT2D eigenvalue weighted by atomic mass is 10.2. The Hall–Kier alpha value is -1.07. The van der Waals surface area contributed by atoms with Gasteiger partial charge in [-0.1, -0.05) is 29.3 Å². The SMILES string of the molecule is CCCCOCCNc1ccc(Br)cc1C(=O)O. The van der Waals surface area contributed by atoms with E-state index < -0.39 is 5.97 Å². The van der Waals surface area contributed by atoms with Gasteiger partial charge in [-0.2, -0.15) is 0 Å². The lowest BCUT2D eigenvalue weighted by Crippen LogP contribution is -2.12. The third-order valence-electron chi connectivity index (χ3n) is 2.42. The molecule has 0 bridgehead atoms. The molecule has 1 aromatic rings. The van der Waals surface area contributed by atoms with E-state index in [0.717, 1.165) is 23.9 Å². The molecule has 4 nitrogen and oxygen atoms in total. The van der Waals surface area contributed by atoms with Crippen LogP contribution in [-0.2, 0) is 4.74 Å². The van der Waals surface area contributed by atoms with Gasteiger partial charge in [0, 0.05) is 23.3 Å². The van der Waals surface area contributed by atoms with E-state index in [1.54, 1.807) is 12.1 Å². The van der Waals surface area contributed by atoms with Crippen LogP contribution in [0.4, 0.5) is 5.69 Å². The molecular weight excluding hydrogens is 298 g/mol. The van der Waals surface area contributed by atoms with Crippen molar-refractivity contribution in [2.45, 2.75) is 19.8 Å². The minimum absolute atomic E-state index is 0.262. The first-order chi connectivity index (χ1) is 8.65. The first-order valence-corrected chi connectivity index (χ1v) is 6.79. The summed E-state index contributed by atoms with van der Waals surface area (Å²) >= 11 is 3.26. The van der Waals surface area contributed by atoms with Gasteiger partial charge in [0.2, 0.25) is 0 Å². The summed E-state index contributed by atoms with van der Waals surface area (Å²) < 4.78 is 6.15. The van der Waals surface area contributed by atoms with Crippen molar-refractivity contribution in [1.29, 1.82) is 0 Å². The normalized spacial score (nSPS) is 10.3. The zero-order valence-electron chi connectivity index (χ0n) is 10.4. The highest BCUT2D eigenvalue weighted by Gasteiger charge is 2.09. The number of hydrogen-bond acceptors (Lipinski definition) is 3. The van der Waals surface area contributed by atoms with Gasteiger partial charge >= 0.3 is 5.97 Å². The van der Waals surface area contributed by atoms with E-state index in [0.29, 0.717) is 18.8 Å². The third-order valence-corrected chi connectivity index (χ3v) is 2.91. The Bertz CT molecular complexity index is 396. The van der Waals surface area contributed by atoms with Crippen molar-refractivity contribution in [3.63, 3.8) is 0 Å². The summed E-state index contributed by atoms with van der Waals surface area (Å²) in [7, 11) is 0. The van der Waals surface area contributed by atoms with Gasteiger partial charge in [0.1, 0.15) is 0 Å². The number of benzene rings is 1. The van der Waals surface area contributed by atoms with Crippen molar-refractivity contribution in [1.82, 2.24) is 0 Å². The number of halogens is 1. The first-order valence-electron chi connectivity index (χ1n) is 5.99. The van der Waals surface area contributed by atoms with Crippen molar-refractivity contribution in [3.05, 3.63) is 28.2 Å². The molecule has 0 saturated carbocycles. The van der Waals surface area contributed by atoms with Gasteiger partial charge in [0.15, 0.2) is 0 Å². The molecule has 100 valence electrons. The van der Waals surface area contributed by atoms with E-state index in [9.17, 15) is 4.79 Å². The number of nitrogens with one attached hydrogen (secondary N) is 1. The zero-order valence-corrected chi connectivity index (χ0v) is 12.0. The number of unbranched alkanes of at least 4 members (excludes halogenated alkanes) is 1. The number of aromatic carboxylic acids is 1. The molecule has 0 radical (unpaired) electrons. The summed E-state index contributed by atoms with van der Waals surface area (Å²) in [6.07, 6.45) is 2.17. The Morgan fingerprint density at radius 2 is 2.22 bits per heavy atom. The van der Waals surface area contributed by atoms with E-state index in [2.05, 4.69) is 28.2 Å². The summed E-state index contributed by atoms with van der Waals surface area (Å²) in [4.78, 5) is 11.1. The summed E-state index contributed by atoms with van der Waals surface area (Å²) in [5, 5.41) is 12.1. The van der Waals surface area contributed by atoms with Crippen LogP contribution < -0.4 is 5.32 Å².